The number of amides is 2. The summed E-state index contributed by atoms with van der Waals surface area (Å²) in [5.74, 6) is -1.02. The second-order valence-corrected chi connectivity index (χ2v) is 2.97. The van der Waals surface area contributed by atoms with Gasteiger partial charge in [-0.2, -0.15) is 0 Å². The van der Waals surface area contributed by atoms with E-state index in [0.717, 1.165) is 0 Å². The predicted molar refractivity (Wildman–Crippen MR) is 57.5 cm³/mol. The van der Waals surface area contributed by atoms with E-state index in [4.69, 9.17) is 5.11 Å². The van der Waals surface area contributed by atoms with Crippen molar-refractivity contribution in [2.75, 3.05) is 19.0 Å². The van der Waals surface area contributed by atoms with Gasteiger partial charge in [-0.25, -0.2) is 19.6 Å². The van der Waals surface area contributed by atoms with E-state index in [2.05, 4.69) is 25.3 Å². The molecular weight excluding hydrogens is 228 g/mol. The lowest BCUT2D eigenvalue weighted by molar-refractivity contribution is -0.147. The molecule has 0 radical (unpaired) electrons. The van der Waals surface area contributed by atoms with Gasteiger partial charge in [0.2, 0.25) is 5.95 Å². The molecule has 0 saturated heterocycles. The van der Waals surface area contributed by atoms with Crippen LogP contribution < -0.4 is 10.6 Å². The number of aromatic nitrogens is 2. The van der Waals surface area contributed by atoms with E-state index in [0.29, 0.717) is 0 Å². The highest BCUT2D eigenvalue weighted by Crippen LogP contribution is 1.93. The van der Waals surface area contributed by atoms with Crippen LogP contribution in [0.3, 0.4) is 0 Å². The minimum atomic E-state index is -1.15. The molecule has 1 rings (SSSR count). The molecule has 2 amide bonds. The van der Waals surface area contributed by atoms with Crippen LogP contribution in [0.1, 0.15) is 0 Å². The van der Waals surface area contributed by atoms with Gasteiger partial charge in [0.15, 0.2) is 6.10 Å². The van der Waals surface area contributed by atoms with Crippen LogP contribution in [-0.2, 0) is 9.53 Å². The lowest BCUT2D eigenvalue weighted by Crippen LogP contribution is -2.40. The normalized spacial score (nSPS) is 11.6. The van der Waals surface area contributed by atoms with Crippen LogP contribution in [-0.4, -0.2) is 46.8 Å². The zero-order chi connectivity index (χ0) is 12.7. The van der Waals surface area contributed by atoms with E-state index in [1.165, 1.54) is 19.5 Å². The summed E-state index contributed by atoms with van der Waals surface area (Å²) >= 11 is 0. The lowest BCUT2D eigenvalue weighted by atomic mass is 10.3. The molecule has 0 aromatic carbocycles. The lowest BCUT2D eigenvalue weighted by Gasteiger charge is -2.11. The molecule has 3 N–H and O–H groups in total. The van der Waals surface area contributed by atoms with Crippen molar-refractivity contribution in [2.45, 2.75) is 6.10 Å². The Bertz CT molecular complexity index is 384. The second kappa shape index (κ2) is 6.38. The Morgan fingerprint density at radius 2 is 2.12 bits per heavy atom. The summed E-state index contributed by atoms with van der Waals surface area (Å²) in [6.07, 6.45) is 1.85. The fraction of sp³-hybridized carbons (Fsp3) is 0.333. The Morgan fingerprint density at radius 1 is 1.47 bits per heavy atom. The molecular formula is C9H12N4O4. The molecule has 0 aliphatic carbocycles. The molecule has 0 aliphatic heterocycles. The largest absolute Gasteiger partial charge is 0.479 e. The number of aliphatic carboxylic acids is 1. The van der Waals surface area contributed by atoms with Gasteiger partial charge in [0.1, 0.15) is 0 Å². The molecule has 1 aromatic heterocycles. The molecule has 0 bridgehead atoms. The Balaban J connectivity index is 2.38. The number of hydrogen-bond acceptors (Lipinski definition) is 5. The number of rotatable bonds is 5. The summed E-state index contributed by atoms with van der Waals surface area (Å²) in [6, 6.07) is 1.01. The number of hydrogen-bond donors (Lipinski definition) is 3. The summed E-state index contributed by atoms with van der Waals surface area (Å²) in [5.41, 5.74) is 0. The highest BCUT2D eigenvalue weighted by Gasteiger charge is 2.17. The van der Waals surface area contributed by atoms with Gasteiger partial charge in [-0.05, 0) is 6.07 Å². The zero-order valence-electron chi connectivity index (χ0n) is 9.08. The summed E-state index contributed by atoms with van der Waals surface area (Å²) in [4.78, 5) is 29.4. The van der Waals surface area contributed by atoms with Crippen LogP contribution in [0.5, 0.6) is 0 Å². The first-order valence-electron chi connectivity index (χ1n) is 4.71. The maximum Gasteiger partial charge on any atom is 0.334 e. The quantitative estimate of drug-likeness (QED) is 0.651. The standard InChI is InChI=1S/C9H12N4O4/c1-17-6(7(14)15)5-12-9(16)13-8-10-3-2-4-11-8/h2-4,6H,5H2,1H3,(H,14,15)(H2,10,11,12,13,16). The van der Waals surface area contributed by atoms with Crippen LogP contribution in [0.25, 0.3) is 0 Å². The van der Waals surface area contributed by atoms with E-state index in [1.807, 2.05) is 0 Å². The van der Waals surface area contributed by atoms with Gasteiger partial charge >= 0.3 is 12.0 Å². The van der Waals surface area contributed by atoms with Gasteiger partial charge in [-0.3, -0.25) is 5.32 Å². The van der Waals surface area contributed by atoms with Crippen molar-refractivity contribution in [3.63, 3.8) is 0 Å². The fourth-order valence-electron chi connectivity index (χ4n) is 0.966. The number of ether oxygens (including phenoxy) is 1. The van der Waals surface area contributed by atoms with Crippen molar-refractivity contribution in [3.05, 3.63) is 18.5 Å². The Morgan fingerprint density at radius 3 is 2.65 bits per heavy atom. The smallest absolute Gasteiger partial charge is 0.334 e. The molecule has 0 fully saturated rings. The Hall–Kier alpha value is -2.22. The summed E-state index contributed by atoms with van der Waals surface area (Å²) in [5, 5.41) is 13.3. The van der Waals surface area contributed by atoms with E-state index >= 15 is 0 Å². The van der Waals surface area contributed by atoms with Crippen molar-refractivity contribution in [1.82, 2.24) is 15.3 Å². The first-order valence-corrected chi connectivity index (χ1v) is 4.71. The molecule has 1 heterocycles. The van der Waals surface area contributed by atoms with Gasteiger partial charge in [-0.15, -0.1) is 0 Å². The monoisotopic (exact) mass is 240 g/mol. The molecule has 0 aliphatic rings. The average Bonchev–Trinajstić information content (AvgIpc) is 2.30. The van der Waals surface area contributed by atoms with Gasteiger partial charge in [0.05, 0.1) is 6.54 Å². The van der Waals surface area contributed by atoms with Gasteiger partial charge in [-0.1, -0.05) is 0 Å². The van der Waals surface area contributed by atoms with Crippen molar-refractivity contribution < 1.29 is 19.4 Å². The van der Waals surface area contributed by atoms with Crippen LogP contribution >= 0.6 is 0 Å². The topological polar surface area (TPSA) is 113 Å². The van der Waals surface area contributed by atoms with Crippen molar-refractivity contribution in [2.24, 2.45) is 0 Å². The van der Waals surface area contributed by atoms with Crippen molar-refractivity contribution in [1.29, 1.82) is 0 Å². The maximum atomic E-state index is 11.3. The van der Waals surface area contributed by atoms with E-state index < -0.39 is 18.1 Å². The molecule has 1 aromatic rings. The van der Waals surface area contributed by atoms with E-state index in [-0.39, 0.29) is 12.5 Å². The zero-order valence-corrected chi connectivity index (χ0v) is 9.08. The molecule has 92 valence electrons. The number of carbonyl (C=O) groups excluding carboxylic acids is 1. The van der Waals surface area contributed by atoms with Crippen LogP contribution in [0, 0.1) is 0 Å². The number of anilines is 1. The number of urea groups is 1. The van der Waals surface area contributed by atoms with E-state index in [9.17, 15) is 9.59 Å². The van der Waals surface area contributed by atoms with Gasteiger partial charge in [0, 0.05) is 19.5 Å². The predicted octanol–water partition coefficient (Wildman–Crippen LogP) is -0.302. The first kappa shape index (κ1) is 12.8. The highest BCUT2D eigenvalue weighted by molar-refractivity contribution is 5.87. The number of nitrogens with one attached hydrogen (secondary N) is 2. The molecule has 1 atom stereocenters. The maximum absolute atomic E-state index is 11.3. The number of carboxylic acids is 1. The number of methoxy groups -OCH3 is 1. The Labute approximate surface area is 97.0 Å². The van der Waals surface area contributed by atoms with Gasteiger partial charge in [0.25, 0.3) is 0 Å². The second-order valence-electron chi connectivity index (χ2n) is 2.97. The number of carboxylic acid groups (broad SMARTS) is 1. The number of nitrogens with zero attached hydrogens (tertiary/aromatic N) is 2. The fourth-order valence-corrected chi connectivity index (χ4v) is 0.966. The summed E-state index contributed by atoms with van der Waals surface area (Å²) in [6.45, 7) is -0.148. The molecule has 8 heteroatoms. The minimum Gasteiger partial charge on any atom is -0.479 e. The summed E-state index contributed by atoms with van der Waals surface area (Å²) < 4.78 is 4.64. The molecule has 17 heavy (non-hydrogen) atoms. The minimum absolute atomic E-state index is 0.134. The summed E-state index contributed by atoms with van der Waals surface area (Å²) in [7, 11) is 1.25. The molecule has 0 spiro atoms. The number of carbonyl (C=O) groups is 2. The van der Waals surface area contributed by atoms with Gasteiger partial charge < -0.3 is 15.2 Å². The third kappa shape index (κ3) is 4.43. The molecule has 1 unspecified atom stereocenters. The van der Waals surface area contributed by atoms with Crippen LogP contribution in [0.4, 0.5) is 10.7 Å². The SMILES string of the molecule is COC(CNC(=O)Nc1ncccn1)C(=O)O. The highest BCUT2D eigenvalue weighted by atomic mass is 16.5. The van der Waals surface area contributed by atoms with Crippen molar-refractivity contribution >= 4 is 17.9 Å². The molecule has 0 saturated carbocycles. The average molecular weight is 240 g/mol. The van der Waals surface area contributed by atoms with Crippen molar-refractivity contribution in [3.8, 4) is 0 Å². The van der Waals surface area contributed by atoms with E-state index in [1.54, 1.807) is 6.07 Å². The molecule has 8 nitrogen and oxygen atoms in total. The third-order valence-corrected chi connectivity index (χ3v) is 1.80. The van der Waals surface area contributed by atoms with Crippen LogP contribution in [0.2, 0.25) is 0 Å². The van der Waals surface area contributed by atoms with Crippen LogP contribution in [0.15, 0.2) is 18.5 Å². The Kier molecular flexibility index (Phi) is 4.82. The third-order valence-electron chi connectivity index (χ3n) is 1.80. The first-order chi connectivity index (χ1) is 8.13.